The third-order valence-corrected chi connectivity index (χ3v) is 9.72. The molecular formula is C30H29ClF3N3O4S. The summed E-state index contributed by atoms with van der Waals surface area (Å²) in [6.45, 7) is 1.13. The molecular weight excluding hydrogens is 591 g/mol. The van der Waals surface area contributed by atoms with E-state index in [9.17, 15) is 31.5 Å². The van der Waals surface area contributed by atoms with Gasteiger partial charge in [0.15, 0.2) is 9.84 Å². The average Bonchev–Trinajstić information content (AvgIpc) is 3.27. The summed E-state index contributed by atoms with van der Waals surface area (Å²) in [7, 11) is -3.39. The Morgan fingerprint density at radius 2 is 1.86 bits per heavy atom. The first-order valence-corrected chi connectivity index (χ1v) is 15.5. The molecule has 0 aliphatic heterocycles. The third-order valence-electron chi connectivity index (χ3n) is 7.74. The Morgan fingerprint density at radius 1 is 1.14 bits per heavy atom. The molecule has 2 aromatic carbocycles. The lowest BCUT2D eigenvalue weighted by Crippen LogP contribution is -2.30. The quantitative estimate of drug-likeness (QED) is 0.235. The minimum absolute atomic E-state index is 0.000865. The molecule has 5 rings (SSSR count). The van der Waals surface area contributed by atoms with Gasteiger partial charge in [0, 0.05) is 34.8 Å². The molecule has 2 N–H and O–H groups in total. The number of alkyl halides is 3. The number of rotatable bonds is 9. The number of aromatic nitrogens is 2. The number of pyridine rings is 1. The third kappa shape index (κ3) is 6.04. The predicted molar refractivity (Wildman–Crippen MR) is 153 cm³/mol. The highest BCUT2D eigenvalue weighted by Crippen LogP contribution is 2.40. The van der Waals surface area contributed by atoms with Gasteiger partial charge >= 0.3 is 6.18 Å². The summed E-state index contributed by atoms with van der Waals surface area (Å²) < 4.78 is 67.4. The van der Waals surface area contributed by atoms with Crippen molar-refractivity contribution in [3.8, 4) is 0 Å². The zero-order chi connectivity index (χ0) is 30.2. The Labute approximate surface area is 246 Å². The maximum atomic E-state index is 13.8. The Bertz CT molecular complexity index is 1730. The van der Waals surface area contributed by atoms with Crippen molar-refractivity contribution in [3.05, 3.63) is 99.5 Å². The van der Waals surface area contributed by atoms with Crippen LogP contribution in [-0.2, 0) is 22.4 Å². The Hall–Kier alpha value is -3.41. The number of carbonyl (C=O) groups is 1. The molecule has 2 heterocycles. The van der Waals surface area contributed by atoms with Gasteiger partial charge in [0.2, 0.25) is 0 Å². The van der Waals surface area contributed by atoms with E-state index in [1.54, 1.807) is 37.4 Å². The number of hydrogen-bond donors (Lipinski definition) is 2. The van der Waals surface area contributed by atoms with E-state index in [1.165, 1.54) is 24.3 Å². The molecule has 12 heteroatoms. The van der Waals surface area contributed by atoms with Crippen LogP contribution in [0.15, 0.2) is 65.7 Å². The molecule has 1 aliphatic rings. The first-order chi connectivity index (χ1) is 19.9. The van der Waals surface area contributed by atoms with E-state index in [0.29, 0.717) is 16.9 Å². The number of amides is 1. The van der Waals surface area contributed by atoms with Crippen molar-refractivity contribution >= 4 is 33.0 Å². The standard InChI is InChI=1S/C30H29ClF3N3O4S/c1-2-42(40,41)23-10-7-18(8-11-23)26(17-38)36-29(39)21-12-13-37-27(15-21)35-25(28(37)19-4-3-5-19)14-20-6-9-22(31)16-24(20)30(32,33)34/h6-13,15-16,19,26,38H,2-5,14,17H2,1H3,(H,36,39)/t26-/m0/s1. The van der Waals surface area contributed by atoms with E-state index < -0.39 is 40.1 Å². The molecule has 7 nitrogen and oxygen atoms in total. The molecule has 0 unspecified atom stereocenters. The topological polar surface area (TPSA) is 101 Å². The van der Waals surface area contributed by atoms with E-state index in [2.05, 4.69) is 10.3 Å². The second-order valence-corrected chi connectivity index (χ2v) is 13.1. The van der Waals surface area contributed by atoms with Crippen LogP contribution in [0.2, 0.25) is 5.02 Å². The molecule has 0 radical (unpaired) electrons. The molecule has 222 valence electrons. The molecule has 1 saturated carbocycles. The largest absolute Gasteiger partial charge is 0.416 e. The zero-order valence-electron chi connectivity index (χ0n) is 22.7. The molecule has 4 aromatic rings. The number of aliphatic hydroxyl groups excluding tert-OH is 1. The fourth-order valence-electron chi connectivity index (χ4n) is 5.19. The summed E-state index contributed by atoms with van der Waals surface area (Å²) in [4.78, 5) is 18.0. The number of nitrogens with one attached hydrogen (secondary N) is 1. The average molecular weight is 620 g/mol. The van der Waals surface area contributed by atoms with Crippen molar-refractivity contribution < 1.29 is 31.5 Å². The molecule has 0 spiro atoms. The first kappa shape index (κ1) is 30.1. The summed E-state index contributed by atoms with van der Waals surface area (Å²) in [6.07, 6.45) is -0.120. The van der Waals surface area contributed by atoms with Crippen LogP contribution in [0.3, 0.4) is 0 Å². The number of sulfone groups is 1. The van der Waals surface area contributed by atoms with E-state index in [4.69, 9.17) is 11.6 Å². The van der Waals surface area contributed by atoms with Gasteiger partial charge < -0.3 is 14.8 Å². The van der Waals surface area contributed by atoms with Crippen LogP contribution in [0.25, 0.3) is 5.65 Å². The maximum absolute atomic E-state index is 13.8. The minimum atomic E-state index is -4.57. The first-order valence-electron chi connectivity index (χ1n) is 13.5. The van der Waals surface area contributed by atoms with Gasteiger partial charge in [-0.2, -0.15) is 13.2 Å². The fourth-order valence-corrected chi connectivity index (χ4v) is 6.25. The van der Waals surface area contributed by atoms with Gasteiger partial charge in [-0.25, -0.2) is 13.4 Å². The zero-order valence-corrected chi connectivity index (χ0v) is 24.2. The molecule has 2 aromatic heterocycles. The Morgan fingerprint density at radius 3 is 2.45 bits per heavy atom. The molecule has 42 heavy (non-hydrogen) atoms. The summed E-state index contributed by atoms with van der Waals surface area (Å²) in [5.74, 6) is -0.390. The number of nitrogens with zero attached hydrogens (tertiary/aromatic N) is 2. The van der Waals surface area contributed by atoms with Crippen molar-refractivity contribution in [1.82, 2.24) is 14.7 Å². The van der Waals surface area contributed by atoms with E-state index in [1.807, 2.05) is 4.40 Å². The number of benzene rings is 2. The van der Waals surface area contributed by atoms with Gasteiger partial charge in [-0.05, 0) is 60.4 Å². The second-order valence-electron chi connectivity index (χ2n) is 10.4. The normalized spacial score (nSPS) is 15.0. The Balaban J connectivity index is 1.44. The molecule has 1 amide bonds. The van der Waals surface area contributed by atoms with Crippen molar-refractivity contribution in [1.29, 1.82) is 0 Å². The van der Waals surface area contributed by atoms with E-state index in [0.717, 1.165) is 31.0 Å². The van der Waals surface area contributed by atoms with E-state index >= 15 is 0 Å². The van der Waals surface area contributed by atoms with Crippen LogP contribution in [0.4, 0.5) is 13.2 Å². The molecule has 1 fully saturated rings. The van der Waals surface area contributed by atoms with Gasteiger partial charge in [0.25, 0.3) is 5.91 Å². The number of carbonyl (C=O) groups excluding carboxylic acids is 1. The van der Waals surface area contributed by atoms with Crippen LogP contribution in [0, 0.1) is 0 Å². The smallest absolute Gasteiger partial charge is 0.394 e. The lowest BCUT2D eigenvalue weighted by molar-refractivity contribution is -0.138. The lowest BCUT2D eigenvalue weighted by atomic mass is 9.81. The number of fused-ring (bicyclic) bond motifs is 1. The molecule has 1 aliphatic carbocycles. The minimum Gasteiger partial charge on any atom is -0.394 e. The number of halogens is 4. The van der Waals surface area contributed by atoms with Crippen molar-refractivity contribution in [2.24, 2.45) is 0 Å². The fraction of sp³-hybridized carbons (Fsp3) is 0.333. The van der Waals surface area contributed by atoms with Crippen LogP contribution in [-0.4, -0.2) is 41.2 Å². The van der Waals surface area contributed by atoms with Gasteiger partial charge in [-0.3, -0.25) is 4.79 Å². The number of hydrogen-bond acceptors (Lipinski definition) is 5. The summed E-state index contributed by atoms with van der Waals surface area (Å²) >= 11 is 5.87. The van der Waals surface area contributed by atoms with Crippen molar-refractivity contribution in [2.45, 2.75) is 55.6 Å². The number of imidazole rings is 1. The van der Waals surface area contributed by atoms with Gasteiger partial charge in [0.1, 0.15) is 5.65 Å². The molecule has 0 bridgehead atoms. The van der Waals surface area contributed by atoms with Crippen LogP contribution in [0.5, 0.6) is 0 Å². The lowest BCUT2D eigenvalue weighted by Gasteiger charge is -2.26. The van der Waals surface area contributed by atoms with Crippen LogP contribution < -0.4 is 5.32 Å². The van der Waals surface area contributed by atoms with Gasteiger partial charge in [-0.15, -0.1) is 0 Å². The SMILES string of the molecule is CCS(=O)(=O)c1ccc([C@H](CO)NC(=O)c2ccn3c(C4CCC4)c(Cc4ccc(Cl)cc4C(F)(F)F)nc3c2)cc1. The highest BCUT2D eigenvalue weighted by Gasteiger charge is 2.35. The van der Waals surface area contributed by atoms with Crippen LogP contribution >= 0.6 is 11.6 Å². The summed E-state index contributed by atoms with van der Waals surface area (Å²) in [6, 6.07) is 12.1. The van der Waals surface area contributed by atoms with Crippen LogP contribution in [0.1, 0.15) is 76.6 Å². The van der Waals surface area contributed by atoms with Crippen molar-refractivity contribution in [3.63, 3.8) is 0 Å². The second kappa shape index (κ2) is 11.7. The highest BCUT2D eigenvalue weighted by molar-refractivity contribution is 7.91. The summed E-state index contributed by atoms with van der Waals surface area (Å²) in [5, 5.41) is 12.7. The monoisotopic (exact) mass is 619 g/mol. The van der Waals surface area contributed by atoms with Gasteiger partial charge in [0.05, 0.1) is 34.6 Å². The van der Waals surface area contributed by atoms with E-state index in [-0.39, 0.29) is 39.1 Å². The molecule has 1 atom stereocenters. The highest BCUT2D eigenvalue weighted by atomic mass is 35.5. The maximum Gasteiger partial charge on any atom is 0.416 e. The summed E-state index contributed by atoms with van der Waals surface area (Å²) in [5.41, 5.74) is 1.82. The molecule has 0 saturated heterocycles. The van der Waals surface area contributed by atoms with Gasteiger partial charge in [-0.1, -0.05) is 43.1 Å². The van der Waals surface area contributed by atoms with Crippen molar-refractivity contribution in [2.75, 3.05) is 12.4 Å². The predicted octanol–water partition coefficient (Wildman–Crippen LogP) is 6.12. The Kier molecular flexibility index (Phi) is 8.37. The number of aliphatic hydroxyl groups is 1.